The van der Waals surface area contributed by atoms with Crippen molar-refractivity contribution in [2.75, 3.05) is 55.3 Å². The van der Waals surface area contributed by atoms with E-state index in [0.29, 0.717) is 36.1 Å². The molecule has 0 saturated carbocycles. The number of carbonyl (C=O) groups excluding carboxylic acids is 2. The van der Waals surface area contributed by atoms with Crippen molar-refractivity contribution in [2.45, 2.75) is 33.5 Å². The number of alkyl halides is 3. The van der Waals surface area contributed by atoms with E-state index in [2.05, 4.69) is 32.4 Å². The number of anilines is 4. The molecule has 1 aliphatic heterocycles. The number of aryl methyl sites for hydroxylation is 1. The van der Waals surface area contributed by atoms with Crippen LogP contribution in [-0.2, 0) is 17.5 Å². The zero-order valence-electron chi connectivity index (χ0n) is 23.5. The van der Waals surface area contributed by atoms with Crippen LogP contribution in [0.15, 0.2) is 48.8 Å². The van der Waals surface area contributed by atoms with Crippen molar-refractivity contribution in [1.82, 2.24) is 19.8 Å². The quantitative estimate of drug-likeness (QED) is 0.398. The Kier molecular flexibility index (Phi) is 9.24. The molecule has 3 aromatic rings. The number of aromatic nitrogens is 2. The number of nitrogens with one attached hydrogen (secondary N) is 2. The van der Waals surface area contributed by atoms with Gasteiger partial charge in [0.1, 0.15) is 0 Å². The van der Waals surface area contributed by atoms with Gasteiger partial charge in [-0.1, -0.05) is 19.1 Å². The Morgan fingerprint density at radius 3 is 2.29 bits per heavy atom. The van der Waals surface area contributed by atoms with Gasteiger partial charge < -0.3 is 20.4 Å². The molecule has 0 bridgehead atoms. The second kappa shape index (κ2) is 12.6. The average molecular weight is 570 g/mol. The van der Waals surface area contributed by atoms with Gasteiger partial charge in [0.25, 0.3) is 5.91 Å². The molecular formula is C29H34F3N7O2. The first-order valence-electron chi connectivity index (χ1n) is 13.3. The van der Waals surface area contributed by atoms with Gasteiger partial charge >= 0.3 is 6.18 Å². The Balaban J connectivity index is 1.50. The third kappa shape index (κ3) is 7.59. The van der Waals surface area contributed by atoms with E-state index >= 15 is 0 Å². The minimum atomic E-state index is -4.59. The summed E-state index contributed by atoms with van der Waals surface area (Å²) >= 11 is 0. The van der Waals surface area contributed by atoms with Crippen LogP contribution in [-0.4, -0.2) is 71.4 Å². The SMILES string of the molecule is CCN1CCN(Cc2ccc(C(=O)Nc3ccc(C)c(N(C)c4cnc(NC(C)=O)cn4)c3)cc2C(F)(F)F)CC1. The first-order chi connectivity index (χ1) is 19.4. The van der Waals surface area contributed by atoms with Crippen LogP contribution in [0.25, 0.3) is 0 Å². The molecule has 2 heterocycles. The van der Waals surface area contributed by atoms with Crippen molar-refractivity contribution in [3.05, 3.63) is 71.0 Å². The Bertz CT molecular complexity index is 1390. The number of piperazine rings is 1. The lowest BCUT2D eigenvalue weighted by atomic mass is 10.0. The molecule has 0 radical (unpaired) electrons. The van der Waals surface area contributed by atoms with Crippen LogP contribution in [0.1, 0.15) is 40.9 Å². The van der Waals surface area contributed by atoms with E-state index in [-0.39, 0.29) is 23.6 Å². The molecule has 0 unspecified atom stereocenters. The third-order valence-corrected chi connectivity index (χ3v) is 7.10. The van der Waals surface area contributed by atoms with Crippen LogP contribution in [0.5, 0.6) is 0 Å². The Morgan fingerprint density at radius 2 is 1.68 bits per heavy atom. The Morgan fingerprint density at radius 1 is 0.976 bits per heavy atom. The zero-order valence-corrected chi connectivity index (χ0v) is 23.5. The molecule has 9 nitrogen and oxygen atoms in total. The van der Waals surface area contributed by atoms with Gasteiger partial charge in [-0.25, -0.2) is 9.97 Å². The van der Waals surface area contributed by atoms with Gasteiger partial charge in [-0.05, 0) is 48.9 Å². The summed E-state index contributed by atoms with van der Waals surface area (Å²) in [5.41, 5.74) is 1.28. The van der Waals surface area contributed by atoms with Crippen molar-refractivity contribution in [1.29, 1.82) is 0 Å². The highest BCUT2D eigenvalue weighted by atomic mass is 19.4. The number of halogens is 3. The molecular weight excluding hydrogens is 535 g/mol. The summed E-state index contributed by atoms with van der Waals surface area (Å²) < 4.78 is 42.1. The van der Waals surface area contributed by atoms with Crippen LogP contribution < -0.4 is 15.5 Å². The van der Waals surface area contributed by atoms with Crippen molar-refractivity contribution in [2.24, 2.45) is 0 Å². The molecule has 1 fully saturated rings. The molecule has 1 aliphatic rings. The van der Waals surface area contributed by atoms with Gasteiger partial charge in [0, 0.05) is 63.6 Å². The summed E-state index contributed by atoms with van der Waals surface area (Å²) in [5, 5.41) is 5.28. The van der Waals surface area contributed by atoms with E-state index in [1.807, 2.05) is 11.8 Å². The summed E-state index contributed by atoms with van der Waals surface area (Å²) in [6.07, 6.45) is -1.66. The number of amides is 2. The van der Waals surface area contributed by atoms with E-state index in [1.165, 1.54) is 31.5 Å². The number of hydrogen-bond donors (Lipinski definition) is 2. The van der Waals surface area contributed by atoms with E-state index in [9.17, 15) is 22.8 Å². The molecule has 2 amide bonds. The Labute approximate surface area is 237 Å². The maximum absolute atomic E-state index is 14.0. The van der Waals surface area contributed by atoms with E-state index in [4.69, 9.17) is 0 Å². The number of hydrogen-bond acceptors (Lipinski definition) is 7. The smallest absolute Gasteiger partial charge is 0.328 e. The molecule has 0 aliphatic carbocycles. The van der Waals surface area contributed by atoms with Gasteiger partial charge in [-0.2, -0.15) is 13.2 Å². The highest BCUT2D eigenvalue weighted by molar-refractivity contribution is 6.04. The lowest BCUT2D eigenvalue weighted by Gasteiger charge is -2.34. The van der Waals surface area contributed by atoms with Crippen LogP contribution >= 0.6 is 0 Å². The summed E-state index contributed by atoms with van der Waals surface area (Å²) in [5.74, 6) is -0.0967. The van der Waals surface area contributed by atoms with Gasteiger partial charge in [0.2, 0.25) is 5.91 Å². The van der Waals surface area contributed by atoms with Gasteiger partial charge in [0.15, 0.2) is 11.6 Å². The predicted octanol–water partition coefficient (Wildman–Crippen LogP) is 4.92. The maximum atomic E-state index is 14.0. The summed E-state index contributed by atoms with van der Waals surface area (Å²) in [6, 6.07) is 8.97. The number of likely N-dealkylation sites (N-methyl/N-ethyl adjacent to an activating group) is 1. The topological polar surface area (TPSA) is 93.7 Å². The van der Waals surface area contributed by atoms with Crippen LogP contribution in [0.2, 0.25) is 0 Å². The molecule has 12 heteroatoms. The minimum Gasteiger partial charge on any atom is -0.328 e. The first-order valence-corrected chi connectivity index (χ1v) is 13.3. The predicted molar refractivity (Wildman–Crippen MR) is 152 cm³/mol. The fourth-order valence-corrected chi connectivity index (χ4v) is 4.74. The van der Waals surface area contributed by atoms with Crippen molar-refractivity contribution in [3.8, 4) is 0 Å². The van der Waals surface area contributed by atoms with Crippen molar-refractivity contribution < 1.29 is 22.8 Å². The molecule has 4 rings (SSSR count). The highest BCUT2D eigenvalue weighted by Gasteiger charge is 2.34. The molecule has 1 aromatic heterocycles. The van der Waals surface area contributed by atoms with E-state index in [0.717, 1.165) is 31.3 Å². The van der Waals surface area contributed by atoms with Crippen molar-refractivity contribution in [3.63, 3.8) is 0 Å². The number of carbonyl (C=O) groups is 2. The standard InChI is InChI=1S/C29H34F3N7O2/c1-5-38-10-12-39(13-11-38)18-22-8-7-21(14-24(22)29(30,31)32)28(41)36-23-9-6-19(2)25(15-23)37(4)27-17-33-26(16-34-27)35-20(3)40/h6-9,14-17H,5,10-13,18H2,1-4H3,(H,36,41)(H,33,35,40). The summed E-state index contributed by atoms with van der Waals surface area (Å²) in [4.78, 5) is 38.8. The van der Waals surface area contributed by atoms with Gasteiger partial charge in [-0.15, -0.1) is 0 Å². The van der Waals surface area contributed by atoms with Crippen molar-refractivity contribution >= 4 is 34.8 Å². The molecule has 2 aromatic carbocycles. The minimum absolute atomic E-state index is 0.0771. The van der Waals surface area contributed by atoms with Crippen LogP contribution in [0.3, 0.4) is 0 Å². The first kappa shape index (κ1) is 29.9. The highest BCUT2D eigenvalue weighted by Crippen LogP contribution is 2.34. The average Bonchev–Trinajstić information content (AvgIpc) is 2.94. The normalized spacial score (nSPS) is 14.5. The lowest BCUT2D eigenvalue weighted by molar-refractivity contribution is -0.138. The van der Waals surface area contributed by atoms with E-state index < -0.39 is 17.6 Å². The second-order valence-corrected chi connectivity index (χ2v) is 10.0. The Hall–Kier alpha value is -4.03. The molecule has 2 N–H and O–H groups in total. The molecule has 41 heavy (non-hydrogen) atoms. The fraction of sp³-hybridized carbons (Fsp3) is 0.379. The zero-order chi connectivity index (χ0) is 29.7. The molecule has 0 atom stereocenters. The van der Waals surface area contributed by atoms with Gasteiger partial charge in [0.05, 0.1) is 18.0 Å². The largest absolute Gasteiger partial charge is 0.416 e. The number of nitrogens with zero attached hydrogens (tertiary/aromatic N) is 5. The number of rotatable bonds is 8. The van der Waals surface area contributed by atoms with Crippen LogP contribution in [0.4, 0.5) is 36.2 Å². The monoisotopic (exact) mass is 569 g/mol. The fourth-order valence-electron chi connectivity index (χ4n) is 4.74. The third-order valence-electron chi connectivity index (χ3n) is 7.10. The lowest BCUT2D eigenvalue weighted by Crippen LogP contribution is -2.45. The van der Waals surface area contributed by atoms with E-state index in [1.54, 1.807) is 30.1 Å². The molecule has 1 saturated heterocycles. The van der Waals surface area contributed by atoms with Gasteiger partial charge in [-0.3, -0.25) is 14.5 Å². The summed E-state index contributed by atoms with van der Waals surface area (Å²) in [6.45, 7) is 9.46. The summed E-state index contributed by atoms with van der Waals surface area (Å²) in [7, 11) is 1.77. The molecule has 218 valence electrons. The molecule has 0 spiro atoms. The maximum Gasteiger partial charge on any atom is 0.416 e. The second-order valence-electron chi connectivity index (χ2n) is 10.0. The van der Waals surface area contributed by atoms with Crippen LogP contribution in [0, 0.1) is 6.92 Å². The number of benzene rings is 2.